The SMILES string of the molecule is CC(C)(C)c1ccc(Sc2ccc(C(=O)O)nn2)cc1. The standard InChI is InChI=1S/C15H16N2O2S/c1-15(2,3)10-4-6-11(7-5-10)20-13-9-8-12(14(18)19)16-17-13/h4-9H,1-3H3,(H,18,19). The Hall–Kier alpha value is -1.88. The Balaban J connectivity index is 2.12. The number of hydrogen-bond acceptors (Lipinski definition) is 4. The van der Waals surface area contributed by atoms with Gasteiger partial charge in [-0.25, -0.2) is 4.79 Å². The fourth-order valence-corrected chi connectivity index (χ4v) is 2.36. The number of carboxylic acids is 1. The topological polar surface area (TPSA) is 63.1 Å². The summed E-state index contributed by atoms with van der Waals surface area (Å²) in [6.07, 6.45) is 0. The molecule has 5 heteroatoms. The number of aromatic carboxylic acids is 1. The highest BCUT2D eigenvalue weighted by Crippen LogP contribution is 2.28. The Morgan fingerprint density at radius 2 is 1.70 bits per heavy atom. The molecule has 2 aromatic rings. The van der Waals surface area contributed by atoms with Crippen LogP contribution < -0.4 is 0 Å². The molecule has 0 aliphatic heterocycles. The van der Waals surface area contributed by atoms with Gasteiger partial charge >= 0.3 is 5.97 Å². The first-order chi connectivity index (χ1) is 9.36. The van der Waals surface area contributed by atoms with E-state index >= 15 is 0 Å². The molecule has 1 aromatic carbocycles. The molecule has 0 aliphatic rings. The molecule has 104 valence electrons. The van der Waals surface area contributed by atoms with Gasteiger partial charge in [0, 0.05) is 4.90 Å². The van der Waals surface area contributed by atoms with E-state index in [1.807, 2.05) is 12.1 Å². The summed E-state index contributed by atoms with van der Waals surface area (Å²) < 4.78 is 0. The predicted octanol–water partition coefficient (Wildman–Crippen LogP) is 3.62. The van der Waals surface area contributed by atoms with Crippen LogP contribution in [0.5, 0.6) is 0 Å². The van der Waals surface area contributed by atoms with Gasteiger partial charge in [-0.15, -0.1) is 10.2 Å². The lowest BCUT2D eigenvalue weighted by atomic mass is 9.87. The number of carboxylic acid groups (broad SMARTS) is 1. The highest BCUT2D eigenvalue weighted by Gasteiger charge is 2.13. The van der Waals surface area contributed by atoms with Gasteiger partial charge < -0.3 is 5.11 Å². The zero-order valence-electron chi connectivity index (χ0n) is 11.6. The van der Waals surface area contributed by atoms with Crippen molar-refractivity contribution in [3.8, 4) is 0 Å². The first kappa shape index (κ1) is 14.5. The Labute approximate surface area is 122 Å². The zero-order valence-corrected chi connectivity index (χ0v) is 12.4. The molecule has 0 spiro atoms. The number of aromatic nitrogens is 2. The molecule has 4 nitrogen and oxygen atoms in total. The molecule has 0 bridgehead atoms. The van der Waals surface area contributed by atoms with E-state index in [2.05, 4.69) is 43.1 Å². The molecule has 1 heterocycles. The molecule has 1 aromatic heterocycles. The number of nitrogens with zero attached hydrogens (tertiary/aromatic N) is 2. The van der Waals surface area contributed by atoms with E-state index in [4.69, 9.17) is 5.11 Å². The van der Waals surface area contributed by atoms with Crippen LogP contribution in [0.4, 0.5) is 0 Å². The van der Waals surface area contributed by atoms with Gasteiger partial charge in [0.1, 0.15) is 5.03 Å². The molecule has 0 atom stereocenters. The van der Waals surface area contributed by atoms with Crippen LogP contribution in [0.25, 0.3) is 0 Å². The molecular weight excluding hydrogens is 272 g/mol. The lowest BCUT2D eigenvalue weighted by molar-refractivity contribution is 0.0689. The van der Waals surface area contributed by atoms with Crippen molar-refractivity contribution in [3.63, 3.8) is 0 Å². The van der Waals surface area contributed by atoms with Crippen LogP contribution >= 0.6 is 11.8 Å². The minimum absolute atomic E-state index is 0.0440. The lowest BCUT2D eigenvalue weighted by Gasteiger charge is -2.18. The summed E-state index contributed by atoms with van der Waals surface area (Å²) in [6.45, 7) is 6.52. The number of rotatable bonds is 3. The van der Waals surface area contributed by atoms with Crippen molar-refractivity contribution in [1.29, 1.82) is 0 Å². The van der Waals surface area contributed by atoms with E-state index in [1.54, 1.807) is 6.07 Å². The van der Waals surface area contributed by atoms with E-state index in [-0.39, 0.29) is 11.1 Å². The van der Waals surface area contributed by atoms with E-state index in [0.29, 0.717) is 5.03 Å². The van der Waals surface area contributed by atoms with Gasteiger partial charge in [-0.05, 0) is 35.2 Å². The fourth-order valence-electron chi connectivity index (χ4n) is 1.63. The van der Waals surface area contributed by atoms with Crippen molar-refractivity contribution in [1.82, 2.24) is 10.2 Å². The van der Waals surface area contributed by atoms with Gasteiger partial charge in [0.05, 0.1) is 0 Å². The van der Waals surface area contributed by atoms with Gasteiger partial charge in [0.2, 0.25) is 0 Å². The summed E-state index contributed by atoms with van der Waals surface area (Å²) in [5.74, 6) is -1.07. The molecule has 20 heavy (non-hydrogen) atoms. The molecule has 0 unspecified atom stereocenters. The van der Waals surface area contributed by atoms with Gasteiger partial charge in [-0.3, -0.25) is 0 Å². The minimum atomic E-state index is -1.07. The second-order valence-corrected chi connectivity index (χ2v) is 6.53. The summed E-state index contributed by atoms with van der Waals surface area (Å²) in [5.41, 5.74) is 1.36. The molecule has 0 radical (unpaired) electrons. The fraction of sp³-hybridized carbons (Fsp3) is 0.267. The summed E-state index contributed by atoms with van der Waals surface area (Å²) in [5, 5.41) is 17.0. The van der Waals surface area contributed by atoms with Gasteiger partial charge in [-0.1, -0.05) is 44.7 Å². The van der Waals surface area contributed by atoms with E-state index in [1.165, 1.54) is 23.4 Å². The second-order valence-electron chi connectivity index (χ2n) is 5.44. The molecule has 0 amide bonds. The Bertz CT molecular complexity index is 601. The maximum absolute atomic E-state index is 10.7. The van der Waals surface area contributed by atoms with Crippen molar-refractivity contribution < 1.29 is 9.90 Å². The van der Waals surface area contributed by atoms with Crippen LogP contribution in [0.15, 0.2) is 46.3 Å². The van der Waals surface area contributed by atoms with Crippen LogP contribution in [0.1, 0.15) is 36.8 Å². The molecule has 2 rings (SSSR count). The number of carbonyl (C=O) groups is 1. The van der Waals surface area contributed by atoms with Gasteiger partial charge in [0.25, 0.3) is 0 Å². The van der Waals surface area contributed by atoms with Crippen LogP contribution in [0.2, 0.25) is 0 Å². The van der Waals surface area contributed by atoms with Crippen LogP contribution in [0, 0.1) is 0 Å². The molecule has 1 N–H and O–H groups in total. The van der Waals surface area contributed by atoms with E-state index < -0.39 is 5.97 Å². The summed E-state index contributed by atoms with van der Waals surface area (Å²) >= 11 is 1.46. The predicted molar refractivity (Wildman–Crippen MR) is 78.3 cm³/mol. The Morgan fingerprint density at radius 1 is 1.05 bits per heavy atom. The van der Waals surface area contributed by atoms with Crippen molar-refractivity contribution >= 4 is 17.7 Å². The molecule has 0 saturated heterocycles. The summed E-state index contributed by atoms with van der Waals surface area (Å²) in [6, 6.07) is 11.4. The van der Waals surface area contributed by atoms with Crippen LogP contribution in [0.3, 0.4) is 0 Å². The van der Waals surface area contributed by atoms with E-state index in [0.717, 1.165) is 4.90 Å². The van der Waals surface area contributed by atoms with Crippen molar-refractivity contribution in [3.05, 3.63) is 47.7 Å². The van der Waals surface area contributed by atoms with Gasteiger partial charge in [-0.2, -0.15) is 0 Å². The Kier molecular flexibility index (Phi) is 4.09. The highest BCUT2D eigenvalue weighted by atomic mass is 32.2. The lowest BCUT2D eigenvalue weighted by Crippen LogP contribution is -2.10. The maximum Gasteiger partial charge on any atom is 0.356 e. The first-order valence-corrected chi connectivity index (χ1v) is 7.03. The molecule has 0 fully saturated rings. The summed E-state index contributed by atoms with van der Waals surface area (Å²) in [4.78, 5) is 11.7. The average molecular weight is 288 g/mol. The third kappa shape index (κ3) is 3.57. The summed E-state index contributed by atoms with van der Waals surface area (Å²) in [7, 11) is 0. The van der Waals surface area contributed by atoms with Crippen LogP contribution in [-0.2, 0) is 5.41 Å². The van der Waals surface area contributed by atoms with Gasteiger partial charge in [0.15, 0.2) is 5.69 Å². The average Bonchev–Trinajstić information content (AvgIpc) is 2.39. The third-order valence-electron chi connectivity index (χ3n) is 2.80. The molecular formula is C15H16N2O2S. The van der Waals surface area contributed by atoms with Crippen LogP contribution in [-0.4, -0.2) is 21.3 Å². The quantitative estimate of drug-likeness (QED) is 0.934. The first-order valence-electron chi connectivity index (χ1n) is 6.22. The normalized spacial score (nSPS) is 11.3. The van der Waals surface area contributed by atoms with Crippen molar-refractivity contribution in [2.24, 2.45) is 0 Å². The third-order valence-corrected chi connectivity index (χ3v) is 3.74. The maximum atomic E-state index is 10.7. The molecule has 0 aliphatic carbocycles. The monoisotopic (exact) mass is 288 g/mol. The molecule has 0 saturated carbocycles. The zero-order chi connectivity index (χ0) is 14.8. The van der Waals surface area contributed by atoms with Crippen molar-refractivity contribution in [2.75, 3.05) is 0 Å². The van der Waals surface area contributed by atoms with E-state index in [9.17, 15) is 4.79 Å². The smallest absolute Gasteiger partial charge is 0.356 e. The second kappa shape index (κ2) is 5.63. The number of hydrogen-bond donors (Lipinski definition) is 1. The highest BCUT2D eigenvalue weighted by molar-refractivity contribution is 7.99. The largest absolute Gasteiger partial charge is 0.476 e. The van der Waals surface area contributed by atoms with Crippen molar-refractivity contribution in [2.45, 2.75) is 36.1 Å². The Morgan fingerprint density at radius 3 is 2.15 bits per heavy atom. The minimum Gasteiger partial charge on any atom is -0.476 e. The number of benzene rings is 1.